The number of pyridine rings is 1. The average Bonchev–Trinajstić information content (AvgIpc) is 3.35. The summed E-state index contributed by atoms with van der Waals surface area (Å²) in [7, 11) is 1.75. The number of aryl methyl sites for hydroxylation is 2. The molecule has 40 heavy (non-hydrogen) atoms. The number of nitrogens with zero attached hydrogens (tertiary/aromatic N) is 7. The fraction of sp³-hybridized carbons (Fsp3) is 0.207. The number of benzene rings is 2. The molecule has 0 atom stereocenters. The van der Waals surface area contributed by atoms with Crippen molar-refractivity contribution in [2.24, 2.45) is 7.05 Å². The van der Waals surface area contributed by atoms with Gasteiger partial charge in [-0.15, -0.1) is 0 Å². The first-order chi connectivity index (χ1) is 19.4. The highest BCUT2D eigenvalue weighted by molar-refractivity contribution is 5.89. The van der Waals surface area contributed by atoms with Gasteiger partial charge in [-0.05, 0) is 48.9 Å². The van der Waals surface area contributed by atoms with Gasteiger partial charge in [0.1, 0.15) is 34.7 Å². The van der Waals surface area contributed by atoms with Gasteiger partial charge >= 0.3 is 0 Å². The van der Waals surface area contributed by atoms with E-state index in [9.17, 15) is 9.18 Å². The number of rotatable bonds is 6. The predicted molar refractivity (Wildman–Crippen MR) is 152 cm³/mol. The molecule has 1 aliphatic rings. The molecular weight excluding hydrogens is 511 g/mol. The van der Waals surface area contributed by atoms with Crippen molar-refractivity contribution >= 4 is 45.3 Å². The molecule has 202 valence electrons. The Kier molecular flexibility index (Phi) is 6.47. The van der Waals surface area contributed by atoms with Crippen molar-refractivity contribution in [3.8, 4) is 11.5 Å². The molecule has 1 saturated heterocycles. The molecule has 6 rings (SSSR count). The minimum atomic E-state index is -0.391. The standard InChI is InChI=1S/C29H27FN8O2/c1-4-26(39)38-11-9-37(10-12-38)25-8-6-22-27(35-25)29(32-16-31-22)34-19-5-7-24(18(2)13-19)40-20-14-21(30)28-23(15-20)33-17-36(28)3/h4-8,13-17H,1,9-12H2,2-3H3,(H,31,32,34). The molecule has 0 spiro atoms. The van der Waals surface area contributed by atoms with E-state index in [0.29, 0.717) is 65.6 Å². The van der Waals surface area contributed by atoms with E-state index in [1.165, 1.54) is 18.5 Å². The molecule has 3 aromatic heterocycles. The van der Waals surface area contributed by atoms with Crippen molar-refractivity contribution in [1.82, 2.24) is 29.4 Å². The number of ether oxygens (including phenoxy) is 1. The van der Waals surface area contributed by atoms with E-state index in [1.807, 2.05) is 37.3 Å². The second-order valence-corrected chi connectivity index (χ2v) is 9.61. The first-order valence-electron chi connectivity index (χ1n) is 12.8. The van der Waals surface area contributed by atoms with Crippen LogP contribution in [0.5, 0.6) is 11.5 Å². The predicted octanol–water partition coefficient (Wildman–Crippen LogP) is 4.73. The quantitative estimate of drug-likeness (QED) is 0.310. The number of hydrogen-bond acceptors (Lipinski definition) is 8. The van der Waals surface area contributed by atoms with E-state index in [2.05, 4.69) is 31.7 Å². The van der Waals surface area contributed by atoms with Crippen LogP contribution in [0, 0.1) is 12.7 Å². The molecule has 4 heterocycles. The van der Waals surface area contributed by atoms with E-state index >= 15 is 0 Å². The number of carbonyl (C=O) groups excluding carboxylic acids is 1. The lowest BCUT2D eigenvalue weighted by molar-refractivity contribution is -0.126. The summed E-state index contributed by atoms with van der Waals surface area (Å²) in [6.07, 6.45) is 4.42. The Hall–Kier alpha value is -5.06. The summed E-state index contributed by atoms with van der Waals surface area (Å²) in [5.74, 6) is 1.90. The Morgan fingerprint density at radius 3 is 2.65 bits per heavy atom. The maximum atomic E-state index is 14.6. The van der Waals surface area contributed by atoms with E-state index in [0.717, 1.165) is 17.1 Å². The van der Waals surface area contributed by atoms with Crippen molar-refractivity contribution < 1.29 is 13.9 Å². The third-order valence-electron chi connectivity index (χ3n) is 6.96. The zero-order valence-electron chi connectivity index (χ0n) is 22.1. The van der Waals surface area contributed by atoms with Gasteiger partial charge in [0, 0.05) is 51.0 Å². The summed E-state index contributed by atoms with van der Waals surface area (Å²) in [6.45, 7) is 8.05. The van der Waals surface area contributed by atoms with Crippen LogP contribution in [0.15, 0.2) is 67.8 Å². The number of piperazine rings is 1. The molecule has 5 aromatic rings. The van der Waals surface area contributed by atoms with E-state index < -0.39 is 5.82 Å². The topological polar surface area (TPSA) is 101 Å². The molecule has 0 unspecified atom stereocenters. The molecule has 2 aromatic carbocycles. The third kappa shape index (κ3) is 4.77. The highest BCUT2D eigenvalue weighted by atomic mass is 19.1. The van der Waals surface area contributed by atoms with Crippen LogP contribution < -0.4 is 15.0 Å². The van der Waals surface area contributed by atoms with Crippen LogP contribution in [0.4, 0.5) is 21.7 Å². The van der Waals surface area contributed by atoms with Crippen LogP contribution in [0.1, 0.15) is 5.56 Å². The van der Waals surface area contributed by atoms with Crippen LogP contribution in [0.25, 0.3) is 22.1 Å². The molecule has 0 bridgehead atoms. The molecule has 1 N–H and O–H groups in total. The highest BCUT2D eigenvalue weighted by Crippen LogP contribution is 2.32. The van der Waals surface area contributed by atoms with Crippen molar-refractivity contribution in [2.45, 2.75) is 6.92 Å². The zero-order chi connectivity index (χ0) is 27.8. The smallest absolute Gasteiger partial charge is 0.246 e. The van der Waals surface area contributed by atoms with Crippen molar-refractivity contribution in [3.63, 3.8) is 0 Å². The zero-order valence-corrected chi connectivity index (χ0v) is 22.1. The second-order valence-electron chi connectivity index (χ2n) is 9.61. The lowest BCUT2D eigenvalue weighted by Crippen LogP contribution is -2.48. The maximum absolute atomic E-state index is 14.6. The fourth-order valence-electron chi connectivity index (χ4n) is 4.86. The first kappa shape index (κ1) is 25.2. The number of anilines is 3. The number of carbonyl (C=O) groups is 1. The molecular formula is C29H27FN8O2. The van der Waals surface area contributed by atoms with E-state index in [-0.39, 0.29) is 5.91 Å². The van der Waals surface area contributed by atoms with Gasteiger partial charge in [0.25, 0.3) is 0 Å². The van der Waals surface area contributed by atoms with Crippen LogP contribution >= 0.6 is 0 Å². The van der Waals surface area contributed by atoms with Crippen LogP contribution in [-0.4, -0.2) is 61.5 Å². The SMILES string of the molecule is C=CC(=O)N1CCN(c2ccc3ncnc(Nc4ccc(Oc5cc(F)c6c(c5)ncn6C)c(C)c4)c3n2)CC1. The van der Waals surface area contributed by atoms with Gasteiger partial charge in [-0.2, -0.15) is 0 Å². The first-order valence-corrected chi connectivity index (χ1v) is 12.8. The van der Waals surface area contributed by atoms with Crippen molar-refractivity contribution in [1.29, 1.82) is 0 Å². The Morgan fingerprint density at radius 1 is 1.05 bits per heavy atom. The molecule has 11 heteroatoms. The number of amides is 1. The number of halogens is 1. The van der Waals surface area contributed by atoms with Gasteiger partial charge < -0.3 is 24.4 Å². The van der Waals surface area contributed by atoms with Crippen molar-refractivity contribution in [3.05, 3.63) is 79.2 Å². The van der Waals surface area contributed by atoms with Gasteiger partial charge in [0.15, 0.2) is 11.6 Å². The minimum Gasteiger partial charge on any atom is -0.457 e. The van der Waals surface area contributed by atoms with Crippen molar-refractivity contribution in [2.75, 3.05) is 36.4 Å². The van der Waals surface area contributed by atoms with Crippen LogP contribution in [0.2, 0.25) is 0 Å². The van der Waals surface area contributed by atoms with Gasteiger partial charge in [0.2, 0.25) is 5.91 Å². The largest absolute Gasteiger partial charge is 0.457 e. The Bertz CT molecular complexity index is 1760. The van der Waals surface area contributed by atoms with Crippen LogP contribution in [-0.2, 0) is 11.8 Å². The Morgan fingerprint density at radius 2 is 1.88 bits per heavy atom. The highest BCUT2D eigenvalue weighted by Gasteiger charge is 2.21. The Balaban J connectivity index is 1.21. The average molecular weight is 539 g/mol. The molecule has 1 fully saturated rings. The molecule has 0 radical (unpaired) electrons. The van der Waals surface area contributed by atoms with Gasteiger partial charge in [-0.25, -0.2) is 24.3 Å². The second kappa shape index (κ2) is 10.3. The van der Waals surface area contributed by atoms with E-state index in [4.69, 9.17) is 9.72 Å². The Labute approximate surface area is 229 Å². The van der Waals surface area contributed by atoms with Crippen LogP contribution in [0.3, 0.4) is 0 Å². The van der Waals surface area contributed by atoms with Gasteiger partial charge in [-0.3, -0.25) is 4.79 Å². The molecule has 0 aliphatic carbocycles. The normalized spacial score (nSPS) is 13.6. The van der Waals surface area contributed by atoms with E-state index in [1.54, 1.807) is 28.9 Å². The maximum Gasteiger partial charge on any atom is 0.246 e. The number of fused-ring (bicyclic) bond motifs is 2. The lowest BCUT2D eigenvalue weighted by Gasteiger charge is -2.35. The summed E-state index contributed by atoms with van der Waals surface area (Å²) < 4.78 is 22.2. The number of nitrogens with one attached hydrogen (secondary N) is 1. The summed E-state index contributed by atoms with van der Waals surface area (Å²) in [4.78, 5) is 33.8. The molecule has 10 nitrogen and oxygen atoms in total. The fourth-order valence-corrected chi connectivity index (χ4v) is 4.86. The summed E-state index contributed by atoms with van der Waals surface area (Å²) in [5, 5.41) is 3.35. The molecule has 1 amide bonds. The number of aromatic nitrogens is 5. The molecule has 0 saturated carbocycles. The molecule has 1 aliphatic heterocycles. The lowest BCUT2D eigenvalue weighted by atomic mass is 10.2. The number of imidazole rings is 1. The minimum absolute atomic E-state index is 0.0563. The van der Waals surface area contributed by atoms with Gasteiger partial charge in [0.05, 0.1) is 17.4 Å². The third-order valence-corrected chi connectivity index (χ3v) is 6.96. The monoisotopic (exact) mass is 538 g/mol. The summed E-state index contributed by atoms with van der Waals surface area (Å²) in [6, 6.07) is 12.6. The summed E-state index contributed by atoms with van der Waals surface area (Å²) in [5.41, 5.74) is 3.96. The summed E-state index contributed by atoms with van der Waals surface area (Å²) >= 11 is 0. The van der Waals surface area contributed by atoms with Gasteiger partial charge in [-0.1, -0.05) is 6.58 Å². The number of hydrogen-bond donors (Lipinski definition) is 1.